The Morgan fingerprint density at radius 2 is 2.15 bits per heavy atom. The average Bonchev–Trinajstić information content (AvgIpc) is 2.90. The van der Waals surface area contributed by atoms with Crippen LogP contribution in [0.15, 0.2) is 30.3 Å². The van der Waals surface area contributed by atoms with E-state index in [-0.39, 0.29) is 6.04 Å². The van der Waals surface area contributed by atoms with E-state index in [4.69, 9.17) is 0 Å². The molecule has 0 amide bonds. The molecule has 0 saturated carbocycles. The summed E-state index contributed by atoms with van der Waals surface area (Å²) < 4.78 is 25.1. The fourth-order valence-electron chi connectivity index (χ4n) is 2.98. The number of sulfone groups is 1. The highest BCUT2D eigenvalue weighted by Crippen LogP contribution is 2.19. The second-order valence-corrected chi connectivity index (χ2v) is 7.78. The number of hydrogen-bond acceptors (Lipinski definition) is 3. The zero-order chi connectivity index (χ0) is 14.2. The van der Waals surface area contributed by atoms with Crippen molar-refractivity contribution in [3.8, 4) is 0 Å². The Balaban J connectivity index is 1.64. The number of para-hydroxylation sites is 1. The molecule has 1 unspecified atom stereocenters. The number of fused-ring (bicyclic) bond motifs is 1. The third-order valence-corrected chi connectivity index (χ3v) is 5.79. The molecule has 0 aliphatic carbocycles. The Bertz CT molecular complexity index is 719. The predicted octanol–water partition coefficient (Wildman–Crippen LogP) is 1.73. The second-order valence-electron chi connectivity index (χ2n) is 5.55. The van der Waals surface area contributed by atoms with Crippen LogP contribution < -0.4 is 5.32 Å². The Labute approximate surface area is 119 Å². The standard InChI is InChI=1S/C15H20N2O2S/c1-12-10-13-4-2-3-5-15(13)17(12)8-7-16-14-6-9-20(18,19)11-14/h2-5,10,14,16H,6-9,11H2,1H3. The van der Waals surface area contributed by atoms with E-state index in [9.17, 15) is 8.42 Å². The first-order valence-electron chi connectivity index (χ1n) is 7.04. The number of nitrogens with one attached hydrogen (secondary N) is 1. The summed E-state index contributed by atoms with van der Waals surface area (Å²) in [4.78, 5) is 0. The van der Waals surface area contributed by atoms with Gasteiger partial charge >= 0.3 is 0 Å². The molecule has 4 nitrogen and oxygen atoms in total. The van der Waals surface area contributed by atoms with Gasteiger partial charge in [0.1, 0.15) is 0 Å². The quantitative estimate of drug-likeness (QED) is 0.933. The van der Waals surface area contributed by atoms with Crippen molar-refractivity contribution in [1.82, 2.24) is 9.88 Å². The molecular weight excluding hydrogens is 272 g/mol. The molecule has 3 rings (SSSR count). The highest BCUT2D eigenvalue weighted by molar-refractivity contribution is 7.91. The fraction of sp³-hybridized carbons (Fsp3) is 0.467. The Hall–Kier alpha value is -1.33. The zero-order valence-electron chi connectivity index (χ0n) is 11.7. The van der Waals surface area contributed by atoms with Crippen molar-refractivity contribution in [1.29, 1.82) is 0 Å². The first-order chi connectivity index (χ1) is 9.55. The minimum atomic E-state index is -2.79. The van der Waals surface area contributed by atoms with E-state index in [2.05, 4.69) is 41.1 Å². The number of aromatic nitrogens is 1. The van der Waals surface area contributed by atoms with Crippen LogP contribution in [0.4, 0.5) is 0 Å². The molecule has 0 radical (unpaired) electrons. The SMILES string of the molecule is Cc1cc2ccccc2n1CCNC1CCS(=O)(=O)C1. The van der Waals surface area contributed by atoms with Crippen LogP contribution in [0.5, 0.6) is 0 Å². The lowest BCUT2D eigenvalue weighted by Gasteiger charge is -2.13. The lowest BCUT2D eigenvalue weighted by Crippen LogP contribution is -2.32. The van der Waals surface area contributed by atoms with Gasteiger partial charge in [-0.05, 0) is 30.9 Å². The summed E-state index contributed by atoms with van der Waals surface area (Å²) in [6, 6.07) is 10.7. The van der Waals surface area contributed by atoms with E-state index < -0.39 is 9.84 Å². The molecule has 1 fully saturated rings. The van der Waals surface area contributed by atoms with Crippen molar-refractivity contribution in [2.45, 2.75) is 25.9 Å². The molecule has 1 aliphatic rings. The molecule has 1 saturated heterocycles. The molecule has 108 valence electrons. The summed E-state index contributed by atoms with van der Waals surface area (Å²) in [5.41, 5.74) is 2.48. The summed E-state index contributed by atoms with van der Waals surface area (Å²) >= 11 is 0. The van der Waals surface area contributed by atoms with Crippen LogP contribution >= 0.6 is 0 Å². The van der Waals surface area contributed by atoms with Gasteiger partial charge < -0.3 is 9.88 Å². The topological polar surface area (TPSA) is 51.1 Å². The van der Waals surface area contributed by atoms with E-state index in [1.54, 1.807) is 0 Å². The van der Waals surface area contributed by atoms with Crippen LogP contribution in [0, 0.1) is 6.92 Å². The van der Waals surface area contributed by atoms with Crippen LogP contribution in [-0.4, -0.2) is 37.1 Å². The molecule has 1 aromatic heterocycles. The highest BCUT2D eigenvalue weighted by atomic mass is 32.2. The number of aryl methyl sites for hydroxylation is 1. The fourth-order valence-corrected chi connectivity index (χ4v) is 4.69. The molecule has 0 bridgehead atoms. The molecule has 1 N–H and O–H groups in total. The van der Waals surface area contributed by atoms with E-state index in [1.807, 2.05) is 6.07 Å². The summed E-state index contributed by atoms with van der Waals surface area (Å²) in [6.07, 6.45) is 0.744. The van der Waals surface area contributed by atoms with E-state index >= 15 is 0 Å². The normalized spacial score (nSPS) is 21.6. The van der Waals surface area contributed by atoms with Crippen molar-refractivity contribution in [2.75, 3.05) is 18.1 Å². The largest absolute Gasteiger partial charge is 0.344 e. The van der Waals surface area contributed by atoms with Crippen LogP contribution in [0.3, 0.4) is 0 Å². The van der Waals surface area contributed by atoms with Crippen molar-refractivity contribution < 1.29 is 8.42 Å². The van der Waals surface area contributed by atoms with E-state index in [0.717, 1.165) is 19.5 Å². The van der Waals surface area contributed by atoms with Gasteiger partial charge in [0, 0.05) is 30.3 Å². The predicted molar refractivity (Wildman–Crippen MR) is 81.7 cm³/mol. The summed E-state index contributed by atoms with van der Waals surface area (Å²) in [7, 11) is -2.79. The Kier molecular flexibility index (Phi) is 3.56. The van der Waals surface area contributed by atoms with Gasteiger partial charge in [0.25, 0.3) is 0 Å². The Morgan fingerprint density at radius 3 is 2.90 bits per heavy atom. The summed E-state index contributed by atoms with van der Waals surface area (Å²) in [5.74, 6) is 0.620. The van der Waals surface area contributed by atoms with Gasteiger partial charge in [-0.15, -0.1) is 0 Å². The van der Waals surface area contributed by atoms with Gasteiger partial charge in [0.05, 0.1) is 11.5 Å². The average molecular weight is 292 g/mol. The third-order valence-electron chi connectivity index (χ3n) is 4.02. The van der Waals surface area contributed by atoms with Gasteiger partial charge in [-0.2, -0.15) is 0 Å². The first kappa shape index (κ1) is 13.6. The van der Waals surface area contributed by atoms with E-state index in [0.29, 0.717) is 11.5 Å². The highest BCUT2D eigenvalue weighted by Gasteiger charge is 2.27. The molecule has 5 heteroatoms. The van der Waals surface area contributed by atoms with Crippen molar-refractivity contribution in [2.24, 2.45) is 0 Å². The smallest absolute Gasteiger partial charge is 0.151 e. The molecule has 0 spiro atoms. The zero-order valence-corrected chi connectivity index (χ0v) is 12.5. The van der Waals surface area contributed by atoms with E-state index in [1.165, 1.54) is 16.6 Å². The van der Waals surface area contributed by atoms with Crippen LogP contribution in [0.1, 0.15) is 12.1 Å². The van der Waals surface area contributed by atoms with Crippen molar-refractivity contribution >= 4 is 20.7 Å². The number of rotatable bonds is 4. The van der Waals surface area contributed by atoms with Crippen molar-refractivity contribution in [3.05, 3.63) is 36.0 Å². The van der Waals surface area contributed by atoms with Crippen LogP contribution in [0.25, 0.3) is 10.9 Å². The minimum absolute atomic E-state index is 0.127. The number of benzene rings is 1. The summed E-state index contributed by atoms with van der Waals surface area (Å²) in [6.45, 7) is 3.79. The monoisotopic (exact) mass is 292 g/mol. The second kappa shape index (κ2) is 5.22. The molecule has 2 heterocycles. The lowest BCUT2D eigenvalue weighted by molar-refractivity contribution is 0.522. The van der Waals surface area contributed by atoms with Crippen LogP contribution in [0.2, 0.25) is 0 Å². The number of nitrogens with zero attached hydrogens (tertiary/aromatic N) is 1. The molecule has 20 heavy (non-hydrogen) atoms. The van der Waals surface area contributed by atoms with Crippen LogP contribution in [-0.2, 0) is 16.4 Å². The lowest BCUT2D eigenvalue weighted by atomic mass is 10.2. The number of hydrogen-bond donors (Lipinski definition) is 1. The summed E-state index contributed by atoms with van der Waals surface area (Å²) in [5, 5.41) is 4.63. The molecule has 2 aromatic rings. The molecule has 1 atom stereocenters. The van der Waals surface area contributed by atoms with Crippen molar-refractivity contribution in [3.63, 3.8) is 0 Å². The maximum atomic E-state index is 11.4. The molecule has 1 aliphatic heterocycles. The molecule has 1 aromatic carbocycles. The van der Waals surface area contributed by atoms with Gasteiger partial charge in [-0.3, -0.25) is 0 Å². The maximum Gasteiger partial charge on any atom is 0.151 e. The third kappa shape index (κ3) is 2.74. The van der Waals surface area contributed by atoms with Gasteiger partial charge in [0.2, 0.25) is 0 Å². The van der Waals surface area contributed by atoms with Gasteiger partial charge in [-0.25, -0.2) is 8.42 Å². The Morgan fingerprint density at radius 1 is 1.35 bits per heavy atom. The van der Waals surface area contributed by atoms with Gasteiger partial charge in [-0.1, -0.05) is 18.2 Å². The minimum Gasteiger partial charge on any atom is -0.344 e. The maximum absolute atomic E-state index is 11.4. The molecular formula is C15H20N2O2S. The first-order valence-corrected chi connectivity index (χ1v) is 8.86. The van der Waals surface area contributed by atoms with Gasteiger partial charge in [0.15, 0.2) is 9.84 Å².